The number of carbonyl (C=O) groups excluding carboxylic acids is 2. The zero-order valence-corrected chi connectivity index (χ0v) is 49.0. The van der Waals surface area contributed by atoms with Crippen molar-refractivity contribution < 1.29 is 37.3 Å². The van der Waals surface area contributed by atoms with E-state index in [-0.39, 0.29) is 25.5 Å². The van der Waals surface area contributed by atoms with Gasteiger partial charge in [-0.05, 0) is 70.3 Å². The minimum atomic E-state index is -4.46. The molecule has 0 bridgehead atoms. The van der Waals surface area contributed by atoms with Crippen LogP contribution in [0.3, 0.4) is 0 Å². The number of amides is 1. The van der Waals surface area contributed by atoms with Crippen LogP contribution in [0.25, 0.3) is 0 Å². The van der Waals surface area contributed by atoms with E-state index in [0.717, 1.165) is 77.0 Å². The molecule has 0 radical (unpaired) electrons. The standard InChI is InChI=1S/C63H113N2O7P/c1-7-10-13-16-19-22-25-28-30-31-32-33-35-38-41-44-47-50-53-56-63(67)72-61(54-51-48-45-42-39-36-27-24-21-18-15-12-9-3)60(59-71-73(68,69)70-58-57-65(4,5)6)64-62(66)55-52-49-46-43-40-37-34-29-26-23-20-17-14-11-8-2/h10,13,19,22,28,30,32-33,38,41,47,50-51,54,60-61H,7-9,11-12,14-18,20-21,23-27,29,31,34-37,39-40,42-46,48-49,52-53,55-59H2,1-6H3,(H-,64,66,68,69)/p+1/b13-10-,22-19-,30-28-,33-32-,41-38-,50-47-,54-51+. The van der Waals surface area contributed by atoms with Gasteiger partial charge in [0, 0.05) is 12.8 Å². The summed E-state index contributed by atoms with van der Waals surface area (Å²) in [6.07, 6.45) is 68.7. The summed E-state index contributed by atoms with van der Waals surface area (Å²) in [5, 5.41) is 3.03. The van der Waals surface area contributed by atoms with Crippen LogP contribution < -0.4 is 5.32 Å². The molecule has 0 rings (SSSR count). The predicted molar refractivity (Wildman–Crippen MR) is 314 cm³/mol. The van der Waals surface area contributed by atoms with Crippen molar-refractivity contribution in [3.05, 3.63) is 85.1 Å². The van der Waals surface area contributed by atoms with E-state index in [9.17, 15) is 19.0 Å². The van der Waals surface area contributed by atoms with Crippen LogP contribution in [0.4, 0.5) is 0 Å². The molecule has 0 heterocycles. The highest BCUT2D eigenvalue weighted by molar-refractivity contribution is 7.47. The highest BCUT2D eigenvalue weighted by atomic mass is 31.2. The Labute approximate surface area is 450 Å². The van der Waals surface area contributed by atoms with Crippen molar-refractivity contribution in [1.29, 1.82) is 0 Å². The number of phosphoric ester groups is 1. The van der Waals surface area contributed by atoms with Gasteiger partial charge in [-0.25, -0.2) is 4.57 Å². The SMILES string of the molecule is CC/C=C\C/C=C\C/C=C\C/C=C\C/C=C\C/C=C\CCC(=O)OC(/C=C/CCCCCCCCCCCCC)C(COP(=O)(O)OCC[N+](C)(C)C)NC(=O)CCCCCCCCCCCCCCCCC. The first-order chi connectivity index (χ1) is 35.4. The summed E-state index contributed by atoms with van der Waals surface area (Å²) in [6.45, 7) is 6.86. The molecule has 0 aromatic heterocycles. The monoisotopic (exact) mass is 1040 g/mol. The Hall–Kier alpha value is -2.81. The van der Waals surface area contributed by atoms with Gasteiger partial charge in [0.05, 0.1) is 33.8 Å². The number of carbonyl (C=O) groups is 2. The molecule has 2 N–H and O–H groups in total. The number of quaternary nitrogens is 1. The molecule has 0 aromatic rings. The second-order valence-electron chi connectivity index (χ2n) is 21.1. The van der Waals surface area contributed by atoms with Crippen LogP contribution in [0.5, 0.6) is 0 Å². The fourth-order valence-corrected chi connectivity index (χ4v) is 9.00. The molecule has 0 fully saturated rings. The van der Waals surface area contributed by atoms with Crippen molar-refractivity contribution in [3.63, 3.8) is 0 Å². The zero-order chi connectivity index (χ0) is 53.6. The number of rotatable bonds is 53. The molecule has 1 amide bonds. The maximum atomic E-state index is 13.5. The molecule has 0 aliphatic rings. The lowest BCUT2D eigenvalue weighted by Gasteiger charge is -2.27. The van der Waals surface area contributed by atoms with E-state index in [1.807, 2.05) is 39.4 Å². The average molecular weight is 1040 g/mol. The smallest absolute Gasteiger partial charge is 0.456 e. The third-order valence-corrected chi connectivity index (χ3v) is 13.8. The van der Waals surface area contributed by atoms with Crippen LogP contribution in [0.2, 0.25) is 0 Å². The topological polar surface area (TPSA) is 111 Å². The second-order valence-corrected chi connectivity index (χ2v) is 22.6. The largest absolute Gasteiger partial charge is 0.472 e. The fourth-order valence-electron chi connectivity index (χ4n) is 8.26. The van der Waals surface area contributed by atoms with Crippen LogP contribution >= 0.6 is 7.82 Å². The average Bonchev–Trinajstić information content (AvgIpc) is 3.35. The summed E-state index contributed by atoms with van der Waals surface area (Å²) in [5.41, 5.74) is 0. The number of esters is 1. The fraction of sp³-hybridized carbons (Fsp3) is 0.746. The number of ether oxygens (including phenoxy) is 1. The van der Waals surface area contributed by atoms with E-state index in [1.54, 1.807) is 0 Å². The third kappa shape index (κ3) is 53.8. The molecule has 0 aliphatic heterocycles. The molecule has 0 spiro atoms. The molecule has 0 aliphatic carbocycles. The lowest BCUT2D eigenvalue weighted by Crippen LogP contribution is -2.47. The van der Waals surface area contributed by atoms with E-state index in [4.69, 9.17) is 13.8 Å². The van der Waals surface area contributed by atoms with Crippen molar-refractivity contribution in [2.24, 2.45) is 0 Å². The van der Waals surface area contributed by atoms with Crippen molar-refractivity contribution in [1.82, 2.24) is 5.32 Å². The highest BCUT2D eigenvalue weighted by Gasteiger charge is 2.30. The number of phosphoric acid groups is 1. The number of hydrogen-bond acceptors (Lipinski definition) is 6. The quantitative estimate of drug-likeness (QED) is 0.0205. The van der Waals surface area contributed by atoms with Crippen LogP contribution in [-0.4, -0.2) is 74.3 Å². The minimum absolute atomic E-state index is 0.0272. The second kappa shape index (κ2) is 52.6. The first kappa shape index (κ1) is 70.2. The first-order valence-corrected chi connectivity index (χ1v) is 31.4. The summed E-state index contributed by atoms with van der Waals surface area (Å²) in [5.74, 6) is -0.600. The lowest BCUT2D eigenvalue weighted by molar-refractivity contribution is -0.870. The van der Waals surface area contributed by atoms with Gasteiger partial charge < -0.3 is 19.4 Å². The summed E-state index contributed by atoms with van der Waals surface area (Å²) in [6, 6.07) is -0.880. The van der Waals surface area contributed by atoms with Crippen molar-refractivity contribution in [2.75, 3.05) is 40.9 Å². The number of allylic oxidation sites excluding steroid dienone is 13. The molecule has 9 nitrogen and oxygen atoms in total. The van der Waals surface area contributed by atoms with Crippen molar-refractivity contribution in [2.45, 2.75) is 264 Å². The molecule has 422 valence electrons. The molecule has 0 saturated heterocycles. The van der Waals surface area contributed by atoms with Gasteiger partial charge in [-0.1, -0.05) is 254 Å². The summed E-state index contributed by atoms with van der Waals surface area (Å²) in [7, 11) is 1.45. The Kier molecular flexibility index (Phi) is 50.6. The maximum Gasteiger partial charge on any atom is 0.472 e. The van der Waals surface area contributed by atoms with Crippen molar-refractivity contribution >= 4 is 19.7 Å². The number of nitrogens with zero attached hydrogens (tertiary/aromatic N) is 1. The Balaban J connectivity index is 5.45. The summed E-state index contributed by atoms with van der Waals surface area (Å²) in [4.78, 5) is 37.6. The van der Waals surface area contributed by atoms with Gasteiger partial charge in [-0.3, -0.25) is 18.6 Å². The molecule has 73 heavy (non-hydrogen) atoms. The summed E-state index contributed by atoms with van der Waals surface area (Å²) >= 11 is 0. The van der Waals surface area contributed by atoms with E-state index in [1.165, 1.54) is 135 Å². The minimum Gasteiger partial charge on any atom is -0.456 e. The first-order valence-electron chi connectivity index (χ1n) is 29.9. The number of unbranched alkanes of at least 4 members (excludes halogenated alkanes) is 25. The molecule has 3 atom stereocenters. The van der Waals surface area contributed by atoms with Gasteiger partial charge in [0.15, 0.2) is 0 Å². The van der Waals surface area contributed by atoms with Crippen LogP contribution in [0, 0.1) is 0 Å². The number of nitrogens with one attached hydrogen (secondary N) is 1. The lowest BCUT2D eigenvalue weighted by atomic mass is 10.0. The molecule has 3 unspecified atom stereocenters. The van der Waals surface area contributed by atoms with E-state index >= 15 is 0 Å². The van der Waals surface area contributed by atoms with Crippen LogP contribution in [-0.2, 0) is 27.9 Å². The third-order valence-electron chi connectivity index (χ3n) is 12.9. The molecule has 0 saturated carbocycles. The number of hydrogen-bond donors (Lipinski definition) is 2. The Morgan fingerprint density at radius 1 is 0.493 bits per heavy atom. The Morgan fingerprint density at radius 3 is 1.32 bits per heavy atom. The van der Waals surface area contributed by atoms with Gasteiger partial charge in [-0.15, -0.1) is 0 Å². The predicted octanol–water partition coefficient (Wildman–Crippen LogP) is 18.2. The molecule has 0 aromatic carbocycles. The van der Waals surface area contributed by atoms with E-state index in [0.29, 0.717) is 23.9 Å². The van der Waals surface area contributed by atoms with Gasteiger partial charge >= 0.3 is 13.8 Å². The van der Waals surface area contributed by atoms with E-state index < -0.39 is 25.9 Å². The van der Waals surface area contributed by atoms with Crippen LogP contribution in [0.15, 0.2) is 85.1 Å². The zero-order valence-electron chi connectivity index (χ0n) is 48.1. The number of likely N-dealkylation sites (N-methyl/N-ethyl adjacent to an activating group) is 1. The summed E-state index contributed by atoms with van der Waals surface area (Å²) < 4.78 is 30.6. The maximum absolute atomic E-state index is 13.5. The Morgan fingerprint density at radius 2 is 0.890 bits per heavy atom. The highest BCUT2D eigenvalue weighted by Crippen LogP contribution is 2.43. The van der Waals surface area contributed by atoms with Gasteiger partial charge in [0.2, 0.25) is 5.91 Å². The molecule has 10 heteroatoms. The van der Waals surface area contributed by atoms with Gasteiger partial charge in [0.1, 0.15) is 19.3 Å². The molecular weight excluding hydrogens is 928 g/mol. The van der Waals surface area contributed by atoms with Gasteiger partial charge in [-0.2, -0.15) is 0 Å². The van der Waals surface area contributed by atoms with Crippen molar-refractivity contribution in [3.8, 4) is 0 Å². The van der Waals surface area contributed by atoms with Crippen LogP contribution in [0.1, 0.15) is 252 Å². The normalized spacial score (nSPS) is 14.3. The molecular formula is C63H114N2O7P+. The van der Waals surface area contributed by atoms with Gasteiger partial charge in [0.25, 0.3) is 0 Å². The van der Waals surface area contributed by atoms with E-state index in [2.05, 4.69) is 92.9 Å². The Bertz CT molecular complexity index is 1530.